The van der Waals surface area contributed by atoms with Crippen molar-refractivity contribution in [3.8, 4) is 5.75 Å². The van der Waals surface area contributed by atoms with E-state index >= 15 is 0 Å². The lowest BCUT2D eigenvalue weighted by molar-refractivity contribution is -0.102. The van der Waals surface area contributed by atoms with Crippen molar-refractivity contribution < 1.29 is 14.2 Å². The fourth-order valence-electron chi connectivity index (χ4n) is 2.34. The predicted molar refractivity (Wildman–Crippen MR) is 74.6 cm³/mol. The van der Waals surface area contributed by atoms with Crippen LogP contribution in [0.5, 0.6) is 5.75 Å². The van der Waals surface area contributed by atoms with Gasteiger partial charge < -0.3 is 19.5 Å². The molecule has 4 nitrogen and oxygen atoms in total. The average molecular weight is 265 g/mol. The van der Waals surface area contributed by atoms with Gasteiger partial charge in [-0.2, -0.15) is 0 Å². The van der Waals surface area contributed by atoms with E-state index in [1.54, 1.807) is 0 Å². The maximum atomic E-state index is 5.88. The minimum absolute atomic E-state index is 0.0238. The maximum absolute atomic E-state index is 5.88. The summed E-state index contributed by atoms with van der Waals surface area (Å²) < 4.78 is 17.2. The fourth-order valence-corrected chi connectivity index (χ4v) is 2.34. The van der Waals surface area contributed by atoms with Gasteiger partial charge in [0.15, 0.2) is 0 Å². The maximum Gasteiger partial charge on any atom is 0.124 e. The molecule has 1 heterocycles. The summed E-state index contributed by atoms with van der Waals surface area (Å²) in [5.74, 6) is 0.908. The Morgan fingerprint density at radius 3 is 2.68 bits per heavy atom. The molecule has 2 rings (SSSR count). The monoisotopic (exact) mass is 265 g/mol. The van der Waals surface area contributed by atoms with E-state index in [0.717, 1.165) is 11.3 Å². The van der Waals surface area contributed by atoms with Gasteiger partial charge in [-0.05, 0) is 27.0 Å². The molecule has 2 unspecified atom stereocenters. The normalized spacial score (nSPS) is 21.4. The van der Waals surface area contributed by atoms with E-state index < -0.39 is 0 Å². The summed E-state index contributed by atoms with van der Waals surface area (Å²) in [5.41, 5.74) is 1.12. The first-order chi connectivity index (χ1) is 9.22. The average Bonchev–Trinajstić information content (AvgIpc) is 2.42. The molecule has 4 heteroatoms. The molecule has 0 spiro atoms. The van der Waals surface area contributed by atoms with Gasteiger partial charge in [0.1, 0.15) is 11.9 Å². The summed E-state index contributed by atoms with van der Waals surface area (Å²) in [7, 11) is 1.94. The topological polar surface area (TPSA) is 39.7 Å². The third-order valence-corrected chi connectivity index (χ3v) is 3.14. The Balaban J connectivity index is 2.21. The molecule has 2 atom stereocenters. The predicted octanol–water partition coefficient (Wildman–Crippen LogP) is 2.15. The Morgan fingerprint density at radius 1 is 1.26 bits per heavy atom. The molecule has 0 amide bonds. The Labute approximate surface area is 115 Å². The minimum atomic E-state index is 0.0238. The van der Waals surface area contributed by atoms with Gasteiger partial charge in [-0.3, -0.25) is 0 Å². The number of rotatable bonds is 5. The van der Waals surface area contributed by atoms with E-state index in [1.165, 1.54) is 0 Å². The lowest BCUT2D eigenvalue weighted by atomic mass is 10.00. The Kier molecular flexibility index (Phi) is 5.19. The van der Waals surface area contributed by atoms with Crippen LogP contribution in [0.4, 0.5) is 0 Å². The lowest BCUT2D eigenvalue weighted by Crippen LogP contribution is -2.39. The van der Waals surface area contributed by atoms with Gasteiger partial charge in [0.05, 0.1) is 32.0 Å². The molecule has 0 aliphatic carbocycles. The second kappa shape index (κ2) is 6.89. The second-order valence-electron chi connectivity index (χ2n) is 4.95. The van der Waals surface area contributed by atoms with Crippen molar-refractivity contribution in [2.45, 2.75) is 32.1 Å². The van der Waals surface area contributed by atoms with E-state index in [0.29, 0.717) is 19.8 Å². The number of benzene rings is 1. The Morgan fingerprint density at radius 2 is 2.05 bits per heavy atom. The van der Waals surface area contributed by atoms with Crippen LogP contribution in [0.3, 0.4) is 0 Å². The fraction of sp³-hybridized carbons (Fsp3) is 0.600. The smallest absolute Gasteiger partial charge is 0.124 e. The van der Waals surface area contributed by atoms with Crippen molar-refractivity contribution in [2.24, 2.45) is 0 Å². The zero-order chi connectivity index (χ0) is 13.7. The molecule has 1 N–H and O–H groups in total. The van der Waals surface area contributed by atoms with E-state index in [9.17, 15) is 0 Å². The van der Waals surface area contributed by atoms with Crippen molar-refractivity contribution in [1.29, 1.82) is 0 Å². The molecular formula is C15H23NO3. The number of para-hydroxylation sites is 1. The van der Waals surface area contributed by atoms with Crippen LogP contribution in [0.15, 0.2) is 24.3 Å². The summed E-state index contributed by atoms with van der Waals surface area (Å²) in [4.78, 5) is 0. The number of hydrogen-bond acceptors (Lipinski definition) is 4. The highest BCUT2D eigenvalue weighted by molar-refractivity contribution is 5.36. The van der Waals surface area contributed by atoms with E-state index in [4.69, 9.17) is 14.2 Å². The Hall–Kier alpha value is -1.10. The van der Waals surface area contributed by atoms with Crippen molar-refractivity contribution >= 4 is 0 Å². The van der Waals surface area contributed by atoms with Gasteiger partial charge in [-0.1, -0.05) is 18.2 Å². The molecule has 1 aromatic rings. The van der Waals surface area contributed by atoms with Crippen LogP contribution in [0, 0.1) is 0 Å². The van der Waals surface area contributed by atoms with Crippen molar-refractivity contribution in [3.63, 3.8) is 0 Å². The summed E-state index contributed by atoms with van der Waals surface area (Å²) >= 11 is 0. The van der Waals surface area contributed by atoms with Crippen molar-refractivity contribution in [3.05, 3.63) is 29.8 Å². The third-order valence-electron chi connectivity index (χ3n) is 3.14. The first-order valence-corrected chi connectivity index (χ1v) is 6.84. The highest BCUT2D eigenvalue weighted by Crippen LogP contribution is 2.30. The molecule has 1 saturated heterocycles. The molecule has 0 saturated carbocycles. The largest absolute Gasteiger partial charge is 0.491 e. The van der Waals surface area contributed by atoms with Gasteiger partial charge >= 0.3 is 0 Å². The van der Waals surface area contributed by atoms with Crippen molar-refractivity contribution in [1.82, 2.24) is 5.32 Å². The zero-order valence-corrected chi connectivity index (χ0v) is 11.9. The van der Waals surface area contributed by atoms with Crippen LogP contribution in [-0.4, -0.2) is 39.1 Å². The highest BCUT2D eigenvalue weighted by atomic mass is 16.6. The zero-order valence-electron chi connectivity index (χ0n) is 11.9. The Bertz CT molecular complexity index is 389. The first-order valence-electron chi connectivity index (χ1n) is 6.84. The van der Waals surface area contributed by atoms with Gasteiger partial charge in [-0.15, -0.1) is 0 Å². The van der Waals surface area contributed by atoms with E-state index in [2.05, 4.69) is 11.4 Å². The number of hydrogen-bond donors (Lipinski definition) is 1. The third kappa shape index (κ3) is 3.69. The summed E-state index contributed by atoms with van der Waals surface area (Å²) in [6.07, 6.45) is 0.179. The van der Waals surface area contributed by atoms with Crippen LogP contribution in [-0.2, 0) is 9.47 Å². The molecule has 1 aromatic carbocycles. The first kappa shape index (κ1) is 14.3. The number of nitrogens with one attached hydrogen (secondary N) is 1. The van der Waals surface area contributed by atoms with Gasteiger partial charge in [0.2, 0.25) is 0 Å². The molecular weight excluding hydrogens is 242 g/mol. The summed E-state index contributed by atoms with van der Waals surface area (Å²) in [5, 5.41) is 3.32. The van der Waals surface area contributed by atoms with Gasteiger partial charge in [0, 0.05) is 5.56 Å². The van der Waals surface area contributed by atoms with Crippen LogP contribution >= 0.6 is 0 Å². The SMILES string of the molecule is CNC(c1ccccc1OC(C)C)C1COCCO1. The molecule has 1 aliphatic heterocycles. The van der Waals surface area contributed by atoms with Crippen LogP contribution < -0.4 is 10.1 Å². The number of likely N-dealkylation sites (N-methyl/N-ethyl adjacent to an activating group) is 1. The van der Waals surface area contributed by atoms with Crippen LogP contribution in [0.2, 0.25) is 0 Å². The second-order valence-corrected chi connectivity index (χ2v) is 4.95. The van der Waals surface area contributed by atoms with Gasteiger partial charge in [0.25, 0.3) is 0 Å². The molecule has 1 aliphatic rings. The van der Waals surface area contributed by atoms with Crippen LogP contribution in [0.25, 0.3) is 0 Å². The summed E-state index contributed by atoms with van der Waals surface area (Å²) in [6, 6.07) is 8.18. The highest BCUT2D eigenvalue weighted by Gasteiger charge is 2.27. The molecule has 19 heavy (non-hydrogen) atoms. The van der Waals surface area contributed by atoms with Gasteiger partial charge in [-0.25, -0.2) is 0 Å². The van der Waals surface area contributed by atoms with Crippen LogP contribution in [0.1, 0.15) is 25.5 Å². The molecule has 0 aromatic heterocycles. The molecule has 0 bridgehead atoms. The van der Waals surface area contributed by atoms with E-state index in [1.807, 2.05) is 39.1 Å². The quantitative estimate of drug-likeness (QED) is 0.885. The molecule has 106 valence electrons. The lowest BCUT2D eigenvalue weighted by Gasteiger charge is -2.31. The minimum Gasteiger partial charge on any atom is -0.491 e. The number of ether oxygens (including phenoxy) is 3. The summed E-state index contributed by atoms with van der Waals surface area (Å²) in [6.45, 7) is 6.01. The van der Waals surface area contributed by atoms with E-state index in [-0.39, 0.29) is 18.2 Å². The van der Waals surface area contributed by atoms with Crippen molar-refractivity contribution in [2.75, 3.05) is 26.9 Å². The molecule has 0 radical (unpaired) electrons. The standard InChI is InChI=1S/C15H23NO3/c1-11(2)19-13-7-5-4-6-12(13)15(16-3)14-10-17-8-9-18-14/h4-7,11,14-16H,8-10H2,1-3H3. The molecule has 1 fully saturated rings.